The molecule has 80 valence electrons. The summed E-state index contributed by atoms with van der Waals surface area (Å²) in [7, 11) is 0. The molecule has 1 unspecified atom stereocenters. The molecule has 2 aromatic rings. The Morgan fingerprint density at radius 1 is 1.33 bits per heavy atom. The Hall–Kier alpha value is -1.70. The first-order valence-electron chi connectivity index (χ1n) is 3.89. The highest BCUT2D eigenvalue weighted by Crippen LogP contribution is 2.32. The van der Waals surface area contributed by atoms with Crippen LogP contribution in [0.5, 0.6) is 0 Å². The number of nitrogens with zero attached hydrogens (tertiary/aromatic N) is 3. The van der Waals surface area contributed by atoms with Crippen molar-refractivity contribution in [3.63, 3.8) is 0 Å². The Labute approximate surface area is 80.9 Å². The molecule has 0 saturated heterocycles. The predicted octanol–water partition coefficient (Wildman–Crippen LogP) is 0.949. The van der Waals surface area contributed by atoms with Crippen molar-refractivity contribution in [3.05, 3.63) is 17.8 Å². The minimum Gasteiger partial charge on any atom is -0.379 e. The van der Waals surface area contributed by atoms with Crippen LogP contribution in [0.2, 0.25) is 0 Å². The topological polar surface area (TPSA) is 74.7 Å². The minimum absolute atomic E-state index is 0.177. The lowest BCUT2D eigenvalue weighted by Crippen LogP contribution is -2.20. The third-order valence-electron chi connectivity index (χ3n) is 1.82. The number of hydrogen-bond donors (Lipinski definition) is 2. The van der Waals surface area contributed by atoms with Gasteiger partial charge in [0.25, 0.3) is 0 Å². The summed E-state index contributed by atoms with van der Waals surface area (Å²) in [5.74, 6) is 0. The molecule has 1 atom stereocenters. The highest BCUT2D eigenvalue weighted by atomic mass is 19.4. The fourth-order valence-electron chi connectivity index (χ4n) is 1.09. The molecule has 8 heteroatoms. The molecular weight excluding hydrogens is 213 g/mol. The molecule has 0 aromatic carbocycles. The number of halogens is 3. The average Bonchev–Trinajstić information content (AvgIpc) is 2.61. The lowest BCUT2D eigenvalue weighted by Gasteiger charge is -2.13. The Balaban J connectivity index is 2.44. The van der Waals surface area contributed by atoms with E-state index in [0.717, 1.165) is 12.3 Å². The largest absolute Gasteiger partial charge is 0.418 e. The van der Waals surface area contributed by atoms with E-state index >= 15 is 0 Å². The van der Waals surface area contributed by atoms with Crippen LogP contribution >= 0.6 is 0 Å². The number of hydrogen-bond acceptors (Lipinski definition) is 4. The van der Waals surface area contributed by atoms with Gasteiger partial charge >= 0.3 is 6.18 Å². The van der Waals surface area contributed by atoms with Crippen LogP contribution in [0.1, 0.15) is 11.7 Å². The van der Waals surface area contributed by atoms with Crippen molar-refractivity contribution in [3.8, 4) is 0 Å². The van der Waals surface area contributed by atoms with Crippen molar-refractivity contribution in [1.82, 2.24) is 20.4 Å². The number of aromatic nitrogens is 4. The number of pyridine rings is 1. The molecule has 15 heavy (non-hydrogen) atoms. The van der Waals surface area contributed by atoms with Gasteiger partial charge in [-0.1, -0.05) is 0 Å². The SMILES string of the molecule is OC(c1cnc2n[nH]nc2c1)C(F)(F)F. The van der Waals surface area contributed by atoms with Gasteiger partial charge in [-0.05, 0) is 6.07 Å². The van der Waals surface area contributed by atoms with Gasteiger partial charge in [0.2, 0.25) is 5.65 Å². The number of alkyl halides is 3. The fraction of sp³-hybridized carbons (Fsp3) is 0.286. The van der Waals surface area contributed by atoms with Crippen LogP contribution in [0, 0.1) is 0 Å². The van der Waals surface area contributed by atoms with Crippen molar-refractivity contribution in [2.75, 3.05) is 0 Å². The Morgan fingerprint density at radius 3 is 2.73 bits per heavy atom. The summed E-state index contributed by atoms with van der Waals surface area (Å²) < 4.78 is 36.4. The lowest BCUT2D eigenvalue weighted by atomic mass is 10.1. The Morgan fingerprint density at radius 2 is 2.07 bits per heavy atom. The third kappa shape index (κ3) is 1.75. The van der Waals surface area contributed by atoms with Gasteiger partial charge in [0.1, 0.15) is 5.52 Å². The van der Waals surface area contributed by atoms with Gasteiger partial charge in [0.15, 0.2) is 6.10 Å². The number of H-pyrrole nitrogens is 1. The molecule has 0 aliphatic carbocycles. The van der Waals surface area contributed by atoms with Crippen LogP contribution in [0.4, 0.5) is 13.2 Å². The van der Waals surface area contributed by atoms with E-state index in [1.165, 1.54) is 0 Å². The van der Waals surface area contributed by atoms with E-state index in [2.05, 4.69) is 20.4 Å². The number of nitrogens with one attached hydrogen (secondary N) is 1. The zero-order valence-corrected chi connectivity index (χ0v) is 7.15. The molecule has 2 rings (SSSR count). The summed E-state index contributed by atoms with van der Waals surface area (Å²) >= 11 is 0. The molecule has 0 aliphatic heterocycles. The summed E-state index contributed by atoms with van der Waals surface area (Å²) in [6.07, 6.45) is -6.34. The predicted molar refractivity (Wildman–Crippen MR) is 42.7 cm³/mol. The van der Waals surface area contributed by atoms with Crippen LogP contribution in [0.25, 0.3) is 11.2 Å². The van der Waals surface area contributed by atoms with E-state index in [9.17, 15) is 13.2 Å². The summed E-state index contributed by atoms with van der Waals surface area (Å²) in [5, 5.41) is 18.3. The molecule has 0 saturated carbocycles. The first kappa shape index (κ1) is 9.84. The lowest BCUT2D eigenvalue weighted by molar-refractivity contribution is -0.206. The average molecular weight is 218 g/mol. The number of aliphatic hydroxyl groups is 1. The fourth-order valence-corrected chi connectivity index (χ4v) is 1.09. The van der Waals surface area contributed by atoms with Gasteiger partial charge in [-0.15, -0.1) is 5.10 Å². The van der Waals surface area contributed by atoms with Crippen LogP contribution < -0.4 is 0 Å². The van der Waals surface area contributed by atoms with Gasteiger partial charge in [0, 0.05) is 11.8 Å². The van der Waals surface area contributed by atoms with Gasteiger partial charge < -0.3 is 5.11 Å². The quantitative estimate of drug-likeness (QED) is 0.747. The summed E-state index contributed by atoms with van der Waals surface area (Å²) in [5.41, 5.74) is 0.0211. The maximum absolute atomic E-state index is 12.1. The normalized spacial score (nSPS) is 14.4. The zero-order valence-electron chi connectivity index (χ0n) is 7.15. The van der Waals surface area contributed by atoms with E-state index in [1.807, 2.05) is 0 Å². The van der Waals surface area contributed by atoms with E-state index in [-0.39, 0.29) is 16.7 Å². The van der Waals surface area contributed by atoms with E-state index in [0.29, 0.717) is 0 Å². The number of aliphatic hydroxyl groups excluding tert-OH is 1. The molecule has 2 aromatic heterocycles. The van der Waals surface area contributed by atoms with Crippen molar-refractivity contribution in [2.24, 2.45) is 0 Å². The van der Waals surface area contributed by atoms with Crippen molar-refractivity contribution in [1.29, 1.82) is 0 Å². The van der Waals surface area contributed by atoms with Crippen LogP contribution in [-0.2, 0) is 0 Å². The maximum atomic E-state index is 12.1. The van der Waals surface area contributed by atoms with Crippen molar-refractivity contribution < 1.29 is 18.3 Å². The summed E-state index contributed by atoms with van der Waals surface area (Å²) in [4.78, 5) is 3.61. The molecule has 0 radical (unpaired) electrons. The van der Waals surface area contributed by atoms with Crippen molar-refractivity contribution in [2.45, 2.75) is 12.3 Å². The second kappa shape index (κ2) is 3.16. The molecule has 2 N–H and O–H groups in total. The summed E-state index contributed by atoms with van der Waals surface area (Å²) in [6, 6.07) is 1.09. The smallest absolute Gasteiger partial charge is 0.379 e. The van der Waals surface area contributed by atoms with Gasteiger partial charge in [-0.2, -0.15) is 23.5 Å². The van der Waals surface area contributed by atoms with E-state index in [1.54, 1.807) is 0 Å². The third-order valence-corrected chi connectivity index (χ3v) is 1.82. The first-order valence-corrected chi connectivity index (χ1v) is 3.89. The highest BCUT2D eigenvalue weighted by molar-refractivity contribution is 5.69. The van der Waals surface area contributed by atoms with E-state index < -0.39 is 12.3 Å². The highest BCUT2D eigenvalue weighted by Gasteiger charge is 2.39. The molecule has 5 nitrogen and oxygen atoms in total. The molecule has 0 aliphatic rings. The molecule has 0 fully saturated rings. The number of fused-ring (bicyclic) bond motifs is 1. The van der Waals surface area contributed by atoms with Crippen LogP contribution in [0.3, 0.4) is 0 Å². The maximum Gasteiger partial charge on any atom is 0.418 e. The number of aromatic amines is 1. The van der Waals surface area contributed by atoms with Gasteiger partial charge in [-0.3, -0.25) is 0 Å². The van der Waals surface area contributed by atoms with Gasteiger partial charge in [0.05, 0.1) is 0 Å². The molecular formula is C7H5F3N4O. The number of rotatable bonds is 1. The molecule has 2 heterocycles. The molecule has 0 bridgehead atoms. The summed E-state index contributed by atoms with van der Waals surface area (Å²) in [6.45, 7) is 0. The monoisotopic (exact) mass is 218 g/mol. The van der Waals surface area contributed by atoms with Crippen molar-refractivity contribution >= 4 is 11.2 Å². The minimum atomic E-state index is -4.71. The molecule has 0 spiro atoms. The van der Waals surface area contributed by atoms with E-state index in [4.69, 9.17) is 5.11 Å². The zero-order chi connectivity index (χ0) is 11.1. The second-order valence-corrected chi connectivity index (χ2v) is 2.88. The van der Waals surface area contributed by atoms with Crippen LogP contribution in [-0.4, -0.2) is 31.7 Å². The van der Waals surface area contributed by atoms with Crippen LogP contribution in [0.15, 0.2) is 12.3 Å². The molecule has 0 amide bonds. The first-order chi connectivity index (χ1) is 6.98. The standard InChI is InChI=1S/C7H5F3N4O/c8-7(9,10)5(15)3-1-4-6(11-2-3)13-14-12-4/h1-2,5,15H,(H,11,12,13,14). The Kier molecular flexibility index (Phi) is 2.07. The Bertz CT molecular complexity index is 480. The van der Waals surface area contributed by atoms with Gasteiger partial charge in [-0.25, -0.2) is 4.98 Å². The second-order valence-electron chi connectivity index (χ2n) is 2.88.